The molecule has 0 radical (unpaired) electrons. The largest absolute Gasteiger partial charge is 0.494 e. The molecule has 2 aromatic heterocycles. The van der Waals surface area contributed by atoms with Crippen LogP contribution in [-0.2, 0) is 24.0 Å². The van der Waals surface area contributed by atoms with Gasteiger partial charge in [-0.25, -0.2) is 0 Å². The highest BCUT2D eigenvalue weighted by molar-refractivity contribution is 5.94. The second-order valence-electron chi connectivity index (χ2n) is 8.30. The lowest BCUT2D eigenvalue weighted by atomic mass is 10.0. The molecular formula is C25H28N4O3. The zero-order valence-electron chi connectivity index (χ0n) is 18.3. The molecule has 166 valence electrons. The molecule has 3 aromatic rings. The molecule has 2 aliphatic rings. The molecule has 0 unspecified atom stereocenters. The van der Waals surface area contributed by atoms with Crippen LogP contribution in [0.5, 0.6) is 5.75 Å². The number of ether oxygens (including phenoxy) is 2. The molecule has 32 heavy (non-hydrogen) atoms. The predicted molar refractivity (Wildman–Crippen MR) is 120 cm³/mol. The van der Waals surface area contributed by atoms with Crippen LogP contribution in [0.3, 0.4) is 0 Å². The number of carbonyl (C=O) groups excluding carboxylic acids is 1. The van der Waals surface area contributed by atoms with Crippen molar-refractivity contribution in [2.24, 2.45) is 0 Å². The SMILES string of the molecule is CCOc1ccccc1Cc1ccc([C@H]2CN(C(=O)c3n[nH]c4c3CCC4)CCO2)nc1. The Bertz CT molecular complexity index is 1090. The van der Waals surface area contributed by atoms with Gasteiger partial charge in [0.25, 0.3) is 5.91 Å². The van der Waals surface area contributed by atoms with Crippen molar-refractivity contribution in [3.8, 4) is 5.75 Å². The molecule has 7 heteroatoms. The normalized spacial score (nSPS) is 17.9. The van der Waals surface area contributed by atoms with Gasteiger partial charge in [0.1, 0.15) is 11.9 Å². The number of rotatable bonds is 6. The van der Waals surface area contributed by atoms with Crippen LogP contribution in [0.2, 0.25) is 0 Å². The summed E-state index contributed by atoms with van der Waals surface area (Å²) in [5.41, 5.74) is 5.87. The summed E-state index contributed by atoms with van der Waals surface area (Å²) < 4.78 is 11.7. The van der Waals surface area contributed by atoms with E-state index in [0.29, 0.717) is 32.0 Å². The van der Waals surface area contributed by atoms with E-state index < -0.39 is 0 Å². The summed E-state index contributed by atoms with van der Waals surface area (Å²) in [5.74, 6) is 0.899. The summed E-state index contributed by atoms with van der Waals surface area (Å²) in [7, 11) is 0. The average molecular weight is 433 g/mol. The molecule has 5 rings (SSSR count). The summed E-state index contributed by atoms with van der Waals surface area (Å²) in [4.78, 5) is 19.6. The van der Waals surface area contributed by atoms with E-state index in [4.69, 9.17) is 9.47 Å². The van der Waals surface area contributed by atoms with Crippen LogP contribution in [0, 0.1) is 0 Å². The number of amides is 1. The van der Waals surface area contributed by atoms with Crippen LogP contribution in [0.4, 0.5) is 0 Å². The van der Waals surface area contributed by atoms with E-state index in [0.717, 1.165) is 59.5 Å². The molecule has 1 aliphatic heterocycles. The Labute approximate surface area is 187 Å². The van der Waals surface area contributed by atoms with Crippen molar-refractivity contribution in [3.63, 3.8) is 0 Å². The van der Waals surface area contributed by atoms with E-state index in [1.54, 1.807) is 0 Å². The van der Waals surface area contributed by atoms with E-state index in [1.165, 1.54) is 0 Å². The van der Waals surface area contributed by atoms with Gasteiger partial charge in [-0.15, -0.1) is 0 Å². The number of hydrogen-bond acceptors (Lipinski definition) is 5. The second kappa shape index (κ2) is 9.12. The second-order valence-corrected chi connectivity index (χ2v) is 8.30. The minimum Gasteiger partial charge on any atom is -0.494 e. The number of pyridine rings is 1. The van der Waals surface area contributed by atoms with Crippen LogP contribution in [0.1, 0.15) is 58.0 Å². The van der Waals surface area contributed by atoms with Gasteiger partial charge in [-0.05, 0) is 49.4 Å². The maximum Gasteiger partial charge on any atom is 0.274 e. The number of fused-ring (bicyclic) bond motifs is 1. The van der Waals surface area contributed by atoms with Gasteiger partial charge in [-0.3, -0.25) is 14.9 Å². The number of aromatic amines is 1. The zero-order chi connectivity index (χ0) is 21.9. The van der Waals surface area contributed by atoms with Gasteiger partial charge in [0.2, 0.25) is 0 Å². The fourth-order valence-electron chi connectivity index (χ4n) is 4.56. The quantitative estimate of drug-likeness (QED) is 0.645. The van der Waals surface area contributed by atoms with E-state index in [-0.39, 0.29) is 12.0 Å². The minimum atomic E-state index is -0.232. The summed E-state index contributed by atoms with van der Waals surface area (Å²) >= 11 is 0. The van der Waals surface area contributed by atoms with Crippen LogP contribution < -0.4 is 4.74 Å². The first kappa shape index (κ1) is 20.7. The first-order valence-corrected chi connectivity index (χ1v) is 11.4. The van der Waals surface area contributed by atoms with E-state index in [1.807, 2.05) is 42.3 Å². The smallest absolute Gasteiger partial charge is 0.274 e. The highest BCUT2D eigenvalue weighted by Crippen LogP contribution is 2.27. The Morgan fingerprint density at radius 1 is 1.25 bits per heavy atom. The molecule has 1 amide bonds. The summed E-state index contributed by atoms with van der Waals surface area (Å²) in [6.45, 7) is 4.19. The number of nitrogens with one attached hydrogen (secondary N) is 1. The monoisotopic (exact) mass is 432 g/mol. The number of nitrogens with zero attached hydrogens (tertiary/aromatic N) is 3. The predicted octanol–water partition coefficient (Wildman–Crippen LogP) is 3.50. The number of benzene rings is 1. The Morgan fingerprint density at radius 3 is 3.00 bits per heavy atom. The molecule has 1 saturated heterocycles. The van der Waals surface area contributed by atoms with Gasteiger partial charge in [-0.1, -0.05) is 24.3 Å². The fourth-order valence-corrected chi connectivity index (χ4v) is 4.56. The third-order valence-corrected chi connectivity index (χ3v) is 6.21. The number of hydrogen-bond donors (Lipinski definition) is 1. The van der Waals surface area contributed by atoms with E-state index in [9.17, 15) is 4.79 Å². The topological polar surface area (TPSA) is 80.3 Å². The molecule has 3 heterocycles. The van der Waals surface area contributed by atoms with E-state index >= 15 is 0 Å². The van der Waals surface area contributed by atoms with Gasteiger partial charge in [0.05, 0.1) is 25.5 Å². The van der Waals surface area contributed by atoms with Crippen molar-refractivity contribution in [2.75, 3.05) is 26.3 Å². The molecule has 1 N–H and O–H groups in total. The molecule has 1 aromatic carbocycles. The van der Waals surface area contributed by atoms with Gasteiger partial charge in [0, 0.05) is 30.4 Å². The number of para-hydroxylation sites is 1. The van der Waals surface area contributed by atoms with Crippen molar-refractivity contribution >= 4 is 5.91 Å². The van der Waals surface area contributed by atoms with Gasteiger partial charge < -0.3 is 14.4 Å². The summed E-state index contributed by atoms with van der Waals surface area (Å²) in [6, 6.07) is 12.2. The number of aromatic nitrogens is 3. The van der Waals surface area contributed by atoms with Crippen LogP contribution in [-0.4, -0.2) is 52.3 Å². The summed E-state index contributed by atoms with van der Waals surface area (Å²) in [6.07, 6.45) is 5.40. The molecule has 1 fully saturated rings. The number of carbonyl (C=O) groups is 1. The Hall–Kier alpha value is -3.19. The van der Waals surface area contributed by atoms with E-state index in [2.05, 4.69) is 27.3 Å². The molecule has 0 spiro atoms. The number of H-pyrrole nitrogens is 1. The van der Waals surface area contributed by atoms with Crippen LogP contribution >= 0.6 is 0 Å². The highest BCUT2D eigenvalue weighted by atomic mass is 16.5. The molecular weight excluding hydrogens is 404 g/mol. The van der Waals surface area contributed by atoms with Gasteiger partial charge in [-0.2, -0.15) is 5.10 Å². The van der Waals surface area contributed by atoms with Crippen molar-refractivity contribution in [3.05, 3.63) is 76.4 Å². The first-order chi connectivity index (χ1) is 15.7. The third kappa shape index (κ3) is 4.12. The van der Waals surface area contributed by atoms with Crippen molar-refractivity contribution in [1.29, 1.82) is 0 Å². The molecule has 0 bridgehead atoms. The lowest BCUT2D eigenvalue weighted by Crippen LogP contribution is -2.42. The Kier molecular flexibility index (Phi) is 5.90. The standard InChI is InChI=1S/C25H28N4O3/c1-2-31-22-9-4-3-6-18(22)14-17-10-11-21(26-15-17)23-16-29(12-13-32-23)25(30)24-19-7-5-8-20(19)27-28-24/h3-4,6,9-11,15,23H,2,5,7-8,12-14,16H2,1H3,(H,27,28)/t23-/m1/s1. The fraction of sp³-hybridized carbons (Fsp3) is 0.400. The average Bonchev–Trinajstić information content (AvgIpc) is 3.45. The van der Waals surface area contributed by atoms with Crippen molar-refractivity contribution < 1.29 is 14.3 Å². The number of morpholine rings is 1. The lowest BCUT2D eigenvalue weighted by Gasteiger charge is -2.32. The maximum absolute atomic E-state index is 13.1. The Morgan fingerprint density at radius 2 is 2.16 bits per heavy atom. The Balaban J connectivity index is 1.26. The molecule has 7 nitrogen and oxygen atoms in total. The van der Waals surface area contributed by atoms with Crippen molar-refractivity contribution in [1.82, 2.24) is 20.1 Å². The first-order valence-electron chi connectivity index (χ1n) is 11.4. The van der Waals surface area contributed by atoms with Crippen molar-refractivity contribution in [2.45, 2.75) is 38.7 Å². The number of aryl methyl sites for hydroxylation is 1. The van der Waals surface area contributed by atoms with Crippen LogP contribution in [0.15, 0.2) is 42.6 Å². The zero-order valence-corrected chi connectivity index (χ0v) is 18.3. The third-order valence-electron chi connectivity index (χ3n) is 6.21. The molecule has 0 saturated carbocycles. The van der Waals surface area contributed by atoms with Crippen LogP contribution in [0.25, 0.3) is 0 Å². The minimum absolute atomic E-state index is 0.0122. The molecule has 1 aliphatic carbocycles. The van der Waals surface area contributed by atoms with Gasteiger partial charge >= 0.3 is 0 Å². The van der Waals surface area contributed by atoms with Gasteiger partial charge in [0.15, 0.2) is 5.69 Å². The lowest BCUT2D eigenvalue weighted by molar-refractivity contribution is -0.0249. The summed E-state index contributed by atoms with van der Waals surface area (Å²) in [5, 5.41) is 7.34. The highest BCUT2D eigenvalue weighted by Gasteiger charge is 2.31. The maximum atomic E-state index is 13.1. The molecule has 1 atom stereocenters.